The Balaban J connectivity index is 2.13. The fourth-order valence-corrected chi connectivity index (χ4v) is 1.67. The lowest BCUT2D eigenvalue weighted by molar-refractivity contribution is 0.0119. The summed E-state index contributed by atoms with van der Waals surface area (Å²) in [4.78, 5) is 4.35. The molecule has 0 aromatic heterocycles. The lowest BCUT2D eigenvalue weighted by Gasteiger charge is -2.12. The molecule has 90 valence electrons. The zero-order valence-corrected chi connectivity index (χ0v) is 9.37. The molecule has 0 amide bonds. The van der Waals surface area contributed by atoms with E-state index in [-0.39, 0.29) is 13.2 Å². The van der Waals surface area contributed by atoms with Gasteiger partial charge in [-0.2, -0.15) is 0 Å². The maximum Gasteiger partial charge on any atom is 0.127 e. The fraction of sp³-hybridized carbons (Fsp3) is 0.231. The van der Waals surface area contributed by atoms with E-state index in [0.29, 0.717) is 0 Å². The molecule has 3 N–H and O–H groups in total. The monoisotopic (exact) mass is 233 g/mol. The van der Waals surface area contributed by atoms with Gasteiger partial charge in [0.05, 0.1) is 6.61 Å². The van der Waals surface area contributed by atoms with Crippen molar-refractivity contribution in [3.05, 3.63) is 42.5 Å². The predicted octanol–water partition coefficient (Wildman–Crippen LogP) is 1.47. The van der Waals surface area contributed by atoms with Crippen molar-refractivity contribution in [3.63, 3.8) is 0 Å². The van der Waals surface area contributed by atoms with Crippen molar-refractivity contribution < 1.29 is 14.7 Å². The van der Waals surface area contributed by atoms with Crippen LogP contribution in [0.2, 0.25) is 0 Å². The minimum Gasteiger partial charge on any atom is -0.490 e. The molecule has 4 heteroatoms. The number of aliphatic hydroxyl groups is 1. The Morgan fingerprint density at radius 3 is 2.65 bits per heavy atom. The van der Waals surface area contributed by atoms with Gasteiger partial charge >= 0.3 is 0 Å². The van der Waals surface area contributed by atoms with Gasteiger partial charge in [-0.05, 0) is 11.5 Å². The van der Waals surface area contributed by atoms with Gasteiger partial charge in [-0.15, -0.1) is 0 Å². The molecule has 0 aliphatic carbocycles. The first-order valence-electron chi connectivity index (χ1n) is 5.41. The van der Waals surface area contributed by atoms with E-state index < -0.39 is 6.10 Å². The van der Waals surface area contributed by atoms with E-state index in [1.165, 1.54) is 0 Å². The number of ether oxygens (including phenoxy) is 1. The van der Waals surface area contributed by atoms with Gasteiger partial charge in [-0.1, -0.05) is 36.4 Å². The highest BCUT2D eigenvalue weighted by Gasteiger charge is 2.06. The third-order valence-corrected chi connectivity index (χ3v) is 2.47. The summed E-state index contributed by atoms with van der Waals surface area (Å²) < 4.78 is 5.55. The second-order valence-corrected chi connectivity index (χ2v) is 3.78. The van der Waals surface area contributed by atoms with Gasteiger partial charge in [0.1, 0.15) is 18.5 Å². The Morgan fingerprint density at radius 1 is 1.06 bits per heavy atom. The predicted molar refractivity (Wildman–Crippen MR) is 65.6 cm³/mol. The molecule has 2 rings (SSSR count). The van der Waals surface area contributed by atoms with Crippen LogP contribution in [0.3, 0.4) is 0 Å². The van der Waals surface area contributed by atoms with E-state index in [2.05, 4.69) is 4.84 Å². The van der Waals surface area contributed by atoms with Gasteiger partial charge in [0.2, 0.25) is 0 Å². The lowest BCUT2D eigenvalue weighted by Crippen LogP contribution is -2.25. The first kappa shape index (κ1) is 11.9. The number of fused-ring (bicyclic) bond motifs is 1. The summed E-state index contributed by atoms with van der Waals surface area (Å²) in [5.41, 5.74) is 0. The molecule has 17 heavy (non-hydrogen) atoms. The van der Waals surface area contributed by atoms with E-state index in [4.69, 9.17) is 10.6 Å². The van der Waals surface area contributed by atoms with Crippen LogP contribution >= 0.6 is 0 Å². The van der Waals surface area contributed by atoms with Crippen LogP contribution in [0.5, 0.6) is 5.75 Å². The molecule has 0 unspecified atom stereocenters. The molecule has 0 saturated heterocycles. The molecule has 2 aromatic rings. The Bertz CT molecular complexity index is 482. The topological polar surface area (TPSA) is 64.7 Å². The van der Waals surface area contributed by atoms with Crippen LogP contribution in [-0.4, -0.2) is 24.4 Å². The highest BCUT2D eigenvalue weighted by Crippen LogP contribution is 2.25. The van der Waals surface area contributed by atoms with Crippen LogP contribution in [0.15, 0.2) is 42.5 Å². The minimum absolute atomic E-state index is 0.0603. The Hall–Kier alpha value is -1.62. The molecule has 0 aliphatic rings. The van der Waals surface area contributed by atoms with Crippen LogP contribution in [0.25, 0.3) is 10.8 Å². The highest BCUT2D eigenvalue weighted by atomic mass is 16.6. The zero-order valence-electron chi connectivity index (χ0n) is 9.37. The average Bonchev–Trinajstić information content (AvgIpc) is 2.36. The summed E-state index contributed by atoms with van der Waals surface area (Å²) in [7, 11) is 0. The van der Waals surface area contributed by atoms with Crippen molar-refractivity contribution in [1.29, 1.82) is 0 Å². The van der Waals surface area contributed by atoms with Crippen molar-refractivity contribution in [3.8, 4) is 5.75 Å². The molecule has 0 spiro atoms. The van der Waals surface area contributed by atoms with Gasteiger partial charge in [-0.3, -0.25) is 0 Å². The third-order valence-electron chi connectivity index (χ3n) is 2.47. The van der Waals surface area contributed by atoms with Crippen molar-refractivity contribution in [2.45, 2.75) is 6.10 Å². The Morgan fingerprint density at radius 2 is 1.82 bits per heavy atom. The van der Waals surface area contributed by atoms with Crippen molar-refractivity contribution >= 4 is 10.8 Å². The summed E-state index contributed by atoms with van der Waals surface area (Å²) in [6, 6.07) is 13.7. The second-order valence-electron chi connectivity index (χ2n) is 3.78. The molecule has 0 fully saturated rings. The molecule has 0 heterocycles. The van der Waals surface area contributed by atoms with E-state index >= 15 is 0 Å². The van der Waals surface area contributed by atoms with E-state index in [1.807, 2.05) is 42.5 Å². The van der Waals surface area contributed by atoms with Crippen molar-refractivity contribution in [2.24, 2.45) is 5.90 Å². The Kier molecular flexibility index (Phi) is 3.93. The first-order valence-corrected chi connectivity index (χ1v) is 5.41. The normalized spacial score (nSPS) is 12.6. The van der Waals surface area contributed by atoms with Gasteiger partial charge in [0.15, 0.2) is 0 Å². The number of rotatable bonds is 5. The Labute approximate surface area is 99.5 Å². The van der Waals surface area contributed by atoms with Crippen molar-refractivity contribution in [1.82, 2.24) is 0 Å². The molecular weight excluding hydrogens is 218 g/mol. The molecule has 4 nitrogen and oxygen atoms in total. The number of aliphatic hydroxyl groups excluding tert-OH is 1. The number of nitrogens with two attached hydrogens (primary N) is 1. The van der Waals surface area contributed by atoms with Crippen LogP contribution in [0.4, 0.5) is 0 Å². The van der Waals surface area contributed by atoms with Crippen molar-refractivity contribution in [2.75, 3.05) is 13.2 Å². The smallest absolute Gasteiger partial charge is 0.127 e. The largest absolute Gasteiger partial charge is 0.490 e. The number of hydrogen-bond acceptors (Lipinski definition) is 4. The van der Waals surface area contributed by atoms with Gasteiger partial charge in [0.25, 0.3) is 0 Å². The van der Waals surface area contributed by atoms with Crippen LogP contribution in [0.1, 0.15) is 0 Å². The lowest BCUT2D eigenvalue weighted by atomic mass is 10.1. The van der Waals surface area contributed by atoms with Crippen LogP contribution < -0.4 is 10.6 Å². The number of benzene rings is 2. The quantitative estimate of drug-likeness (QED) is 0.767. The van der Waals surface area contributed by atoms with E-state index in [0.717, 1.165) is 16.5 Å². The SMILES string of the molecule is NOC[C@@H](O)COc1cccc2ccccc12. The van der Waals surface area contributed by atoms with Crippen LogP contribution in [0, 0.1) is 0 Å². The zero-order chi connectivity index (χ0) is 12.1. The second kappa shape index (κ2) is 5.63. The molecule has 0 bridgehead atoms. The number of hydrogen-bond donors (Lipinski definition) is 2. The van der Waals surface area contributed by atoms with E-state index in [9.17, 15) is 5.11 Å². The molecular formula is C13H15NO3. The molecule has 0 aliphatic heterocycles. The molecule has 1 atom stereocenters. The van der Waals surface area contributed by atoms with Crippen LogP contribution in [-0.2, 0) is 4.84 Å². The first-order chi connectivity index (χ1) is 8.31. The summed E-state index contributed by atoms with van der Waals surface area (Å²) in [5.74, 6) is 5.62. The van der Waals surface area contributed by atoms with Gasteiger partial charge in [0, 0.05) is 5.39 Å². The fourth-order valence-electron chi connectivity index (χ4n) is 1.67. The summed E-state index contributed by atoms with van der Waals surface area (Å²) >= 11 is 0. The minimum atomic E-state index is -0.723. The van der Waals surface area contributed by atoms with Gasteiger partial charge < -0.3 is 14.7 Å². The summed E-state index contributed by atoms with van der Waals surface area (Å²) in [5, 5.41) is 11.6. The third kappa shape index (κ3) is 2.94. The maximum atomic E-state index is 9.45. The summed E-state index contributed by atoms with van der Waals surface area (Å²) in [6.07, 6.45) is -0.723. The van der Waals surface area contributed by atoms with Gasteiger partial charge in [-0.25, -0.2) is 5.90 Å². The standard InChI is InChI=1S/C13H15NO3/c14-17-9-11(15)8-16-13-7-3-5-10-4-1-2-6-12(10)13/h1-7,11,15H,8-9,14H2/t11-/m0/s1. The summed E-state index contributed by atoms with van der Waals surface area (Å²) in [6.45, 7) is 0.218. The average molecular weight is 233 g/mol. The maximum absolute atomic E-state index is 9.45. The molecule has 0 saturated carbocycles. The van der Waals surface area contributed by atoms with E-state index in [1.54, 1.807) is 0 Å². The molecule has 2 aromatic carbocycles. The molecule has 0 radical (unpaired) electrons. The highest BCUT2D eigenvalue weighted by molar-refractivity contribution is 5.88.